The number of hydrazine groups is 1. The highest BCUT2D eigenvalue weighted by Gasteiger charge is 2.29. The molecule has 0 spiro atoms. The molecule has 1 aliphatic heterocycles. The van der Waals surface area contributed by atoms with Gasteiger partial charge in [0.2, 0.25) is 5.91 Å². The number of carbonyl (C=O) groups is 1. The zero-order valence-electron chi connectivity index (χ0n) is 13.5. The SMILES string of the molecule is O=C(NCCCc1ccccc1)C1CC(c2ccc(Cl)cc2)NN1. The summed E-state index contributed by atoms with van der Waals surface area (Å²) >= 11 is 5.91. The summed E-state index contributed by atoms with van der Waals surface area (Å²) in [6, 6.07) is 18.0. The Hall–Kier alpha value is -1.88. The molecule has 2 unspecified atom stereocenters. The minimum Gasteiger partial charge on any atom is -0.355 e. The topological polar surface area (TPSA) is 53.2 Å². The van der Waals surface area contributed by atoms with Gasteiger partial charge in [0.15, 0.2) is 0 Å². The van der Waals surface area contributed by atoms with Gasteiger partial charge in [0, 0.05) is 17.6 Å². The molecule has 5 heteroatoms. The van der Waals surface area contributed by atoms with Crippen molar-refractivity contribution in [3.05, 3.63) is 70.7 Å². The lowest BCUT2D eigenvalue weighted by atomic mass is 10.0. The van der Waals surface area contributed by atoms with Crippen LogP contribution in [-0.4, -0.2) is 18.5 Å². The Morgan fingerprint density at radius 3 is 2.58 bits per heavy atom. The van der Waals surface area contributed by atoms with E-state index in [2.05, 4.69) is 28.3 Å². The molecule has 0 bridgehead atoms. The second-order valence-electron chi connectivity index (χ2n) is 6.06. The van der Waals surface area contributed by atoms with E-state index in [0.29, 0.717) is 6.54 Å². The third-order valence-corrected chi connectivity index (χ3v) is 4.53. The van der Waals surface area contributed by atoms with E-state index in [4.69, 9.17) is 11.6 Å². The molecular formula is C19H22ClN3O. The van der Waals surface area contributed by atoms with Crippen LogP contribution in [0.15, 0.2) is 54.6 Å². The smallest absolute Gasteiger partial charge is 0.238 e. The van der Waals surface area contributed by atoms with Gasteiger partial charge in [0.05, 0.1) is 0 Å². The number of aryl methyl sites for hydroxylation is 1. The van der Waals surface area contributed by atoms with Gasteiger partial charge < -0.3 is 5.32 Å². The van der Waals surface area contributed by atoms with Crippen LogP contribution in [0.5, 0.6) is 0 Å². The molecule has 1 amide bonds. The molecule has 0 radical (unpaired) electrons. The lowest BCUT2D eigenvalue weighted by Crippen LogP contribution is -2.43. The quantitative estimate of drug-likeness (QED) is 0.707. The van der Waals surface area contributed by atoms with Crippen LogP contribution in [-0.2, 0) is 11.2 Å². The minimum absolute atomic E-state index is 0.0482. The van der Waals surface area contributed by atoms with E-state index in [1.807, 2.05) is 42.5 Å². The number of nitrogens with one attached hydrogen (secondary N) is 3. The number of benzene rings is 2. The third-order valence-electron chi connectivity index (χ3n) is 4.28. The van der Waals surface area contributed by atoms with Gasteiger partial charge in [0.1, 0.15) is 6.04 Å². The highest BCUT2D eigenvalue weighted by atomic mass is 35.5. The number of hydrogen-bond donors (Lipinski definition) is 3. The molecule has 126 valence electrons. The summed E-state index contributed by atoms with van der Waals surface area (Å²) in [6.07, 6.45) is 2.65. The molecule has 3 N–H and O–H groups in total. The van der Waals surface area contributed by atoms with Gasteiger partial charge >= 0.3 is 0 Å². The lowest BCUT2D eigenvalue weighted by Gasteiger charge is -2.11. The van der Waals surface area contributed by atoms with Gasteiger partial charge in [0.25, 0.3) is 0 Å². The van der Waals surface area contributed by atoms with Crippen LogP contribution in [0.4, 0.5) is 0 Å². The van der Waals surface area contributed by atoms with Crippen LogP contribution in [0.3, 0.4) is 0 Å². The first-order valence-electron chi connectivity index (χ1n) is 8.30. The van der Waals surface area contributed by atoms with Crippen LogP contribution >= 0.6 is 11.6 Å². The molecule has 1 aliphatic rings. The fourth-order valence-electron chi connectivity index (χ4n) is 2.91. The second-order valence-corrected chi connectivity index (χ2v) is 6.50. The summed E-state index contributed by atoms with van der Waals surface area (Å²) < 4.78 is 0. The lowest BCUT2D eigenvalue weighted by molar-refractivity contribution is -0.122. The second kappa shape index (κ2) is 8.29. The summed E-state index contributed by atoms with van der Waals surface area (Å²) in [6.45, 7) is 0.692. The number of amides is 1. The van der Waals surface area contributed by atoms with Gasteiger partial charge in [-0.2, -0.15) is 0 Å². The molecule has 24 heavy (non-hydrogen) atoms. The van der Waals surface area contributed by atoms with E-state index in [-0.39, 0.29) is 18.0 Å². The normalized spacial score (nSPS) is 20.0. The predicted molar refractivity (Wildman–Crippen MR) is 96.6 cm³/mol. The van der Waals surface area contributed by atoms with Crippen LogP contribution in [0, 0.1) is 0 Å². The predicted octanol–water partition coefficient (Wildman–Crippen LogP) is 3.00. The van der Waals surface area contributed by atoms with Crippen molar-refractivity contribution in [2.24, 2.45) is 0 Å². The van der Waals surface area contributed by atoms with E-state index in [9.17, 15) is 4.79 Å². The van der Waals surface area contributed by atoms with Crippen LogP contribution < -0.4 is 16.2 Å². The van der Waals surface area contributed by atoms with Crippen molar-refractivity contribution >= 4 is 17.5 Å². The van der Waals surface area contributed by atoms with Gasteiger partial charge in [-0.3, -0.25) is 4.79 Å². The van der Waals surface area contributed by atoms with E-state index in [1.54, 1.807) is 0 Å². The van der Waals surface area contributed by atoms with Crippen molar-refractivity contribution < 1.29 is 4.79 Å². The zero-order valence-corrected chi connectivity index (χ0v) is 14.2. The molecule has 1 heterocycles. The van der Waals surface area contributed by atoms with Crippen LogP contribution in [0.1, 0.15) is 30.0 Å². The molecule has 2 aromatic carbocycles. The average Bonchev–Trinajstić information content (AvgIpc) is 3.10. The Balaban J connectivity index is 1.40. The standard InChI is InChI=1S/C19H22ClN3O/c20-16-10-8-15(9-11-16)17-13-18(23-22-17)19(24)21-12-4-7-14-5-2-1-3-6-14/h1-3,5-6,8-11,17-18,22-23H,4,7,12-13H2,(H,21,24). The molecule has 0 aliphatic carbocycles. The van der Waals surface area contributed by atoms with Crippen molar-refractivity contribution in [1.29, 1.82) is 0 Å². The van der Waals surface area contributed by atoms with Crippen molar-refractivity contribution in [1.82, 2.24) is 16.2 Å². The Bertz CT molecular complexity index is 660. The molecule has 0 saturated carbocycles. The van der Waals surface area contributed by atoms with Crippen LogP contribution in [0.25, 0.3) is 0 Å². The summed E-state index contributed by atoms with van der Waals surface area (Å²) in [5.41, 5.74) is 8.70. The van der Waals surface area contributed by atoms with E-state index < -0.39 is 0 Å². The first-order valence-corrected chi connectivity index (χ1v) is 8.68. The van der Waals surface area contributed by atoms with Crippen molar-refractivity contribution in [2.45, 2.75) is 31.3 Å². The molecular weight excluding hydrogens is 322 g/mol. The van der Waals surface area contributed by atoms with Gasteiger partial charge in [-0.25, -0.2) is 10.9 Å². The molecule has 2 atom stereocenters. The van der Waals surface area contributed by atoms with Gasteiger partial charge in [-0.05, 0) is 42.5 Å². The number of hydrogen-bond acceptors (Lipinski definition) is 3. The van der Waals surface area contributed by atoms with Crippen molar-refractivity contribution in [3.63, 3.8) is 0 Å². The monoisotopic (exact) mass is 343 g/mol. The molecule has 4 nitrogen and oxygen atoms in total. The molecule has 1 fully saturated rings. The highest BCUT2D eigenvalue weighted by molar-refractivity contribution is 6.30. The molecule has 3 rings (SSSR count). The maximum atomic E-state index is 12.3. The first-order chi connectivity index (χ1) is 11.7. The molecule has 2 aromatic rings. The van der Waals surface area contributed by atoms with E-state index >= 15 is 0 Å². The average molecular weight is 344 g/mol. The largest absolute Gasteiger partial charge is 0.355 e. The van der Waals surface area contributed by atoms with E-state index in [0.717, 1.165) is 29.8 Å². The zero-order chi connectivity index (χ0) is 16.8. The Labute approximate surface area is 147 Å². The summed E-state index contributed by atoms with van der Waals surface area (Å²) in [5.74, 6) is 0.0482. The van der Waals surface area contributed by atoms with Crippen molar-refractivity contribution in [3.8, 4) is 0 Å². The third kappa shape index (κ3) is 4.57. The van der Waals surface area contributed by atoms with Gasteiger partial charge in [-0.15, -0.1) is 0 Å². The molecule has 0 aromatic heterocycles. The first kappa shape index (κ1) is 17.0. The highest BCUT2D eigenvalue weighted by Crippen LogP contribution is 2.23. The minimum atomic E-state index is -0.206. The summed E-state index contributed by atoms with van der Waals surface area (Å²) in [4.78, 5) is 12.3. The number of halogens is 1. The fourth-order valence-corrected chi connectivity index (χ4v) is 3.04. The Kier molecular flexibility index (Phi) is 5.86. The van der Waals surface area contributed by atoms with E-state index in [1.165, 1.54) is 5.56 Å². The Morgan fingerprint density at radius 1 is 1.08 bits per heavy atom. The van der Waals surface area contributed by atoms with Crippen LogP contribution in [0.2, 0.25) is 5.02 Å². The number of carbonyl (C=O) groups excluding carboxylic acids is 1. The van der Waals surface area contributed by atoms with Gasteiger partial charge in [-0.1, -0.05) is 54.1 Å². The maximum Gasteiger partial charge on any atom is 0.238 e. The van der Waals surface area contributed by atoms with Crippen molar-refractivity contribution in [2.75, 3.05) is 6.54 Å². The summed E-state index contributed by atoms with van der Waals surface area (Å²) in [5, 5.41) is 3.73. The Morgan fingerprint density at radius 2 is 1.83 bits per heavy atom. The number of rotatable bonds is 6. The fraction of sp³-hybridized carbons (Fsp3) is 0.316. The summed E-state index contributed by atoms with van der Waals surface area (Å²) in [7, 11) is 0. The molecule has 1 saturated heterocycles. The maximum absolute atomic E-state index is 12.3.